The van der Waals surface area contributed by atoms with Gasteiger partial charge in [-0.05, 0) is 24.1 Å². The Kier molecular flexibility index (Phi) is 3.77. The number of hydrogen-bond acceptors (Lipinski definition) is 3. The second-order valence-electron chi connectivity index (χ2n) is 4.59. The minimum Gasteiger partial charge on any atom is -0.381 e. The SMILES string of the molecule is CC(C)c1c(N)nnn1-c1ccc(Br)c(C(F)(F)F)c1. The van der Waals surface area contributed by atoms with Crippen LogP contribution in [0, 0.1) is 0 Å². The van der Waals surface area contributed by atoms with Gasteiger partial charge in [-0.3, -0.25) is 0 Å². The van der Waals surface area contributed by atoms with E-state index >= 15 is 0 Å². The molecule has 2 aromatic rings. The third kappa shape index (κ3) is 2.65. The smallest absolute Gasteiger partial charge is 0.381 e. The van der Waals surface area contributed by atoms with Crippen LogP contribution >= 0.6 is 15.9 Å². The van der Waals surface area contributed by atoms with E-state index in [2.05, 4.69) is 26.2 Å². The summed E-state index contributed by atoms with van der Waals surface area (Å²) in [6.45, 7) is 3.74. The summed E-state index contributed by atoms with van der Waals surface area (Å²) < 4.78 is 40.0. The monoisotopic (exact) mass is 348 g/mol. The van der Waals surface area contributed by atoms with Crippen LogP contribution in [-0.4, -0.2) is 15.0 Å². The van der Waals surface area contributed by atoms with Crippen molar-refractivity contribution < 1.29 is 13.2 Å². The maximum atomic E-state index is 12.9. The molecule has 0 radical (unpaired) electrons. The lowest BCUT2D eigenvalue weighted by Crippen LogP contribution is -2.10. The molecule has 0 atom stereocenters. The first kappa shape index (κ1) is 14.8. The van der Waals surface area contributed by atoms with Gasteiger partial charge in [-0.2, -0.15) is 13.2 Å². The number of aromatic nitrogens is 3. The molecule has 4 nitrogen and oxygen atoms in total. The Labute approximate surface area is 121 Å². The molecule has 2 N–H and O–H groups in total. The van der Waals surface area contributed by atoms with Gasteiger partial charge in [0.1, 0.15) is 0 Å². The normalized spacial score (nSPS) is 12.2. The van der Waals surface area contributed by atoms with E-state index in [1.54, 1.807) is 0 Å². The number of nitrogen functional groups attached to an aromatic ring is 1. The van der Waals surface area contributed by atoms with Crippen molar-refractivity contribution >= 4 is 21.7 Å². The molecule has 1 aromatic carbocycles. The van der Waals surface area contributed by atoms with E-state index in [0.29, 0.717) is 5.69 Å². The van der Waals surface area contributed by atoms with Crippen molar-refractivity contribution in [1.29, 1.82) is 0 Å². The summed E-state index contributed by atoms with van der Waals surface area (Å²) in [6.07, 6.45) is -4.45. The largest absolute Gasteiger partial charge is 0.417 e. The molecule has 0 bridgehead atoms. The van der Waals surface area contributed by atoms with Gasteiger partial charge in [-0.15, -0.1) is 5.10 Å². The molecule has 8 heteroatoms. The molecular formula is C12H12BrF3N4. The van der Waals surface area contributed by atoms with Gasteiger partial charge in [0.15, 0.2) is 5.82 Å². The summed E-state index contributed by atoms with van der Waals surface area (Å²) in [5.74, 6) is 0.208. The molecule has 0 unspecified atom stereocenters. The third-order valence-corrected chi connectivity index (χ3v) is 3.47. The lowest BCUT2D eigenvalue weighted by atomic mass is 10.1. The highest BCUT2D eigenvalue weighted by molar-refractivity contribution is 9.10. The Morgan fingerprint density at radius 3 is 2.50 bits per heavy atom. The predicted octanol–water partition coefficient (Wildman–Crippen LogP) is 3.75. The zero-order valence-electron chi connectivity index (χ0n) is 10.7. The first-order valence-electron chi connectivity index (χ1n) is 5.80. The highest BCUT2D eigenvalue weighted by Gasteiger charge is 2.33. The number of nitrogens with zero attached hydrogens (tertiary/aromatic N) is 3. The molecule has 1 heterocycles. The molecule has 20 heavy (non-hydrogen) atoms. The standard InChI is InChI=1S/C12H12BrF3N4/c1-6(2)10-11(17)18-19-20(10)7-3-4-9(13)8(5-7)12(14,15)16/h3-6H,17H2,1-2H3. The van der Waals surface area contributed by atoms with E-state index < -0.39 is 11.7 Å². The number of halogens is 4. The Bertz CT molecular complexity index is 634. The van der Waals surface area contributed by atoms with E-state index in [-0.39, 0.29) is 21.9 Å². The number of nitrogens with two attached hydrogens (primary N) is 1. The number of benzene rings is 1. The lowest BCUT2D eigenvalue weighted by Gasteiger charge is -2.13. The quantitative estimate of drug-likeness (QED) is 0.898. The van der Waals surface area contributed by atoms with E-state index in [1.165, 1.54) is 16.8 Å². The van der Waals surface area contributed by atoms with Crippen LogP contribution in [0.4, 0.5) is 19.0 Å². The summed E-state index contributed by atoms with van der Waals surface area (Å²) in [5, 5.41) is 7.55. The fourth-order valence-corrected chi connectivity index (χ4v) is 2.37. The third-order valence-electron chi connectivity index (χ3n) is 2.78. The topological polar surface area (TPSA) is 56.7 Å². The van der Waals surface area contributed by atoms with Crippen molar-refractivity contribution in [3.63, 3.8) is 0 Å². The minimum absolute atomic E-state index is 0.0111. The molecule has 0 aliphatic heterocycles. The Hall–Kier alpha value is -1.57. The van der Waals surface area contributed by atoms with E-state index in [0.717, 1.165) is 6.07 Å². The van der Waals surface area contributed by atoms with Crippen molar-refractivity contribution in [3.8, 4) is 5.69 Å². The molecular weight excluding hydrogens is 337 g/mol. The molecule has 0 amide bonds. The highest BCUT2D eigenvalue weighted by Crippen LogP contribution is 2.36. The van der Waals surface area contributed by atoms with E-state index in [1.807, 2.05) is 13.8 Å². The lowest BCUT2D eigenvalue weighted by molar-refractivity contribution is -0.138. The summed E-state index contributed by atoms with van der Waals surface area (Å²) >= 11 is 2.90. The van der Waals surface area contributed by atoms with Crippen molar-refractivity contribution in [2.45, 2.75) is 25.9 Å². The number of hydrogen-bond donors (Lipinski definition) is 1. The van der Waals surface area contributed by atoms with Gasteiger partial charge >= 0.3 is 6.18 Å². The number of rotatable bonds is 2. The summed E-state index contributed by atoms with van der Waals surface area (Å²) in [6, 6.07) is 3.88. The molecule has 0 saturated heterocycles. The molecule has 0 fully saturated rings. The highest BCUT2D eigenvalue weighted by atomic mass is 79.9. The maximum absolute atomic E-state index is 12.9. The fourth-order valence-electron chi connectivity index (χ4n) is 1.89. The Morgan fingerprint density at radius 1 is 1.30 bits per heavy atom. The summed E-state index contributed by atoms with van der Waals surface area (Å²) in [7, 11) is 0. The number of alkyl halides is 3. The van der Waals surface area contributed by atoms with Gasteiger partial charge in [-0.1, -0.05) is 35.0 Å². The van der Waals surface area contributed by atoms with Crippen molar-refractivity contribution in [3.05, 3.63) is 33.9 Å². The zero-order valence-corrected chi connectivity index (χ0v) is 12.3. The van der Waals surface area contributed by atoms with Gasteiger partial charge < -0.3 is 5.73 Å². The van der Waals surface area contributed by atoms with Crippen molar-refractivity contribution in [1.82, 2.24) is 15.0 Å². The fraction of sp³-hybridized carbons (Fsp3) is 0.333. The predicted molar refractivity (Wildman–Crippen MR) is 72.6 cm³/mol. The van der Waals surface area contributed by atoms with Gasteiger partial charge in [0.2, 0.25) is 0 Å². The van der Waals surface area contributed by atoms with Crippen LogP contribution in [-0.2, 0) is 6.18 Å². The van der Waals surface area contributed by atoms with Crippen LogP contribution in [0.2, 0.25) is 0 Å². The van der Waals surface area contributed by atoms with Crippen LogP contribution < -0.4 is 5.73 Å². The van der Waals surface area contributed by atoms with Crippen LogP contribution in [0.25, 0.3) is 5.69 Å². The van der Waals surface area contributed by atoms with Crippen LogP contribution in [0.15, 0.2) is 22.7 Å². The van der Waals surface area contributed by atoms with Crippen molar-refractivity contribution in [2.75, 3.05) is 5.73 Å². The Morgan fingerprint density at radius 2 is 1.95 bits per heavy atom. The van der Waals surface area contributed by atoms with Crippen LogP contribution in [0.3, 0.4) is 0 Å². The first-order chi connectivity index (χ1) is 9.21. The average Bonchev–Trinajstić information content (AvgIpc) is 2.70. The second kappa shape index (κ2) is 5.08. The molecule has 1 aromatic heterocycles. The molecule has 0 aliphatic rings. The van der Waals surface area contributed by atoms with Crippen LogP contribution in [0.5, 0.6) is 0 Å². The van der Waals surface area contributed by atoms with Crippen molar-refractivity contribution in [2.24, 2.45) is 0 Å². The van der Waals surface area contributed by atoms with Crippen LogP contribution in [0.1, 0.15) is 31.0 Å². The first-order valence-corrected chi connectivity index (χ1v) is 6.59. The second-order valence-corrected chi connectivity index (χ2v) is 5.44. The van der Waals surface area contributed by atoms with Gasteiger partial charge in [0.25, 0.3) is 0 Å². The summed E-state index contributed by atoms with van der Waals surface area (Å²) in [5.41, 5.74) is 5.80. The molecule has 0 saturated carbocycles. The molecule has 0 spiro atoms. The minimum atomic E-state index is -4.45. The molecule has 108 valence electrons. The van der Waals surface area contributed by atoms with Gasteiger partial charge in [-0.25, -0.2) is 4.68 Å². The number of anilines is 1. The maximum Gasteiger partial charge on any atom is 0.417 e. The zero-order chi connectivity index (χ0) is 15.1. The van der Waals surface area contributed by atoms with E-state index in [4.69, 9.17) is 5.73 Å². The van der Waals surface area contributed by atoms with Gasteiger partial charge in [0.05, 0.1) is 16.9 Å². The average molecular weight is 349 g/mol. The molecule has 2 rings (SSSR count). The van der Waals surface area contributed by atoms with Gasteiger partial charge in [0, 0.05) is 4.47 Å². The summed E-state index contributed by atoms with van der Waals surface area (Å²) in [4.78, 5) is 0. The molecule has 0 aliphatic carbocycles. The Balaban J connectivity index is 2.60. The van der Waals surface area contributed by atoms with E-state index in [9.17, 15) is 13.2 Å².